The summed E-state index contributed by atoms with van der Waals surface area (Å²) in [4.78, 5) is 6.56. The van der Waals surface area contributed by atoms with Crippen LogP contribution in [-0.2, 0) is 6.54 Å². The van der Waals surface area contributed by atoms with Crippen LogP contribution in [0.5, 0.6) is 0 Å². The molecular formula is C14H18ClFN4O. The topological polar surface area (TPSA) is 68.2 Å². The van der Waals surface area contributed by atoms with E-state index in [-0.39, 0.29) is 24.3 Å². The smallest absolute Gasteiger partial charge is 0.241 e. The summed E-state index contributed by atoms with van der Waals surface area (Å²) in [5, 5.41) is 3.93. The number of halogens is 2. The standard InChI is InChI=1S/C14H17FN4O.ClH/c15-11-5-3-10(4-6-11)14-17-13(20-18-14)9-19-7-1-2-12(16)8-19;/h3-6,12H,1-2,7-9,16H2;1H/t12-;/m1./s1. The number of benzene rings is 1. The molecule has 1 aliphatic rings. The van der Waals surface area contributed by atoms with Crippen LogP contribution in [0.3, 0.4) is 0 Å². The predicted molar refractivity (Wildman–Crippen MR) is 79.4 cm³/mol. The number of likely N-dealkylation sites (tertiary alicyclic amines) is 1. The zero-order valence-corrected chi connectivity index (χ0v) is 12.4. The van der Waals surface area contributed by atoms with Gasteiger partial charge in [-0.3, -0.25) is 4.90 Å². The zero-order valence-electron chi connectivity index (χ0n) is 11.5. The van der Waals surface area contributed by atoms with E-state index in [0.717, 1.165) is 31.5 Å². The molecule has 0 amide bonds. The summed E-state index contributed by atoms with van der Waals surface area (Å²) in [5.41, 5.74) is 6.69. The Balaban J connectivity index is 0.00000161. The highest BCUT2D eigenvalue weighted by Crippen LogP contribution is 2.17. The van der Waals surface area contributed by atoms with Crippen LogP contribution in [0, 0.1) is 5.82 Å². The Bertz CT molecular complexity index is 575. The third-order valence-corrected chi connectivity index (χ3v) is 3.47. The fourth-order valence-corrected chi connectivity index (χ4v) is 2.46. The number of nitrogens with zero attached hydrogens (tertiary/aromatic N) is 3. The van der Waals surface area contributed by atoms with E-state index >= 15 is 0 Å². The van der Waals surface area contributed by atoms with Gasteiger partial charge in [-0.2, -0.15) is 4.98 Å². The van der Waals surface area contributed by atoms with Crippen molar-refractivity contribution in [3.8, 4) is 11.4 Å². The molecule has 114 valence electrons. The number of hydrogen-bond acceptors (Lipinski definition) is 5. The Kier molecular flexibility index (Phi) is 5.27. The van der Waals surface area contributed by atoms with Crippen molar-refractivity contribution < 1.29 is 8.91 Å². The van der Waals surface area contributed by atoms with Crippen molar-refractivity contribution in [3.63, 3.8) is 0 Å². The van der Waals surface area contributed by atoms with E-state index in [1.54, 1.807) is 12.1 Å². The SMILES string of the molecule is Cl.N[C@@H]1CCCN(Cc2nc(-c3ccc(F)cc3)no2)C1. The molecule has 1 aliphatic heterocycles. The van der Waals surface area contributed by atoms with Gasteiger partial charge in [0.1, 0.15) is 5.82 Å². The average Bonchev–Trinajstić information content (AvgIpc) is 2.88. The lowest BCUT2D eigenvalue weighted by atomic mass is 10.1. The first-order valence-corrected chi connectivity index (χ1v) is 6.77. The molecule has 21 heavy (non-hydrogen) atoms. The van der Waals surface area contributed by atoms with E-state index < -0.39 is 0 Å². The number of piperidine rings is 1. The van der Waals surface area contributed by atoms with Crippen molar-refractivity contribution in [1.82, 2.24) is 15.0 Å². The van der Waals surface area contributed by atoms with E-state index in [4.69, 9.17) is 10.3 Å². The maximum absolute atomic E-state index is 12.9. The molecule has 0 unspecified atom stereocenters. The fourth-order valence-electron chi connectivity index (χ4n) is 2.46. The second-order valence-corrected chi connectivity index (χ2v) is 5.16. The quantitative estimate of drug-likeness (QED) is 0.941. The fraction of sp³-hybridized carbons (Fsp3) is 0.429. The molecule has 7 heteroatoms. The summed E-state index contributed by atoms with van der Waals surface area (Å²) in [6.07, 6.45) is 2.17. The maximum atomic E-state index is 12.9. The van der Waals surface area contributed by atoms with Gasteiger partial charge in [-0.1, -0.05) is 5.16 Å². The van der Waals surface area contributed by atoms with Gasteiger partial charge < -0.3 is 10.3 Å². The Morgan fingerprint density at radius 1 is 1.33 bits per heavy atom. The summed E-state index contributed by atoms with van der Waals surface area (Å²) in [7, 11) is 0. The van der Waals surface area contributed by atoms with Crippen LogP contribution in [0.15, 0.2) is 28.8 Å². The van der Waals surface area contributed by atoms with Crippen LogP contribution >= 0.6 is 12.4 Å². The minimum absolute atomic E-state index is 0. The molecule has 3 rings (SSSR count). The zero-order chi connectivity index (χ0) is 13.9. The lowest BCUT2D eigenvalue weighted by Crippen LogP contribution is -2.42. The van der Waals surface area contributed by atoms with Crippen molar-refractivity contribution in [3.05, 3.63) is 36.0 Å². The van der Waals surface area contributed by atoms with E-state index in [9.17, 15) is 4.39 Å². The van der Waals surface area contributed by atoms with Crippen molar-refractivity contribution >= 4 is 12.4 Å². The Morgan fingerprint density at radius 2 is 2.10 bits per heavy atom. The average molecular weight is 313 g/mol. The third-order valence-electron chi connectivity index (χ3n) is 3.47. The highest BCUT2D eigenvalue weighted by Gasteiger charge is 2.19. The van der Waals surface area contributed by atoms with Crippen molar-refractivity contribution in [2.45, 2.75) is 25.4 Å². The lowest BCUT2D eigenvalue weighted by molar-refractivity contribution is 0.178. The van der Waals surface area contributed by atoms with Gasteiger partial charge in [0.25, 0.3) is 0 Å². The third kappa shape index (κ3) is 4.00. The van der Waals surface area contributed by atoms with Crippen LogP contribution in [0.25, 0.3) is 11.4 Å². The van der Waals surface area contributed by atoms with Crippen molar-refractivity contribution in [1.29, 1.82) is 0 Å². The molecule has 0 aliphatic carbocycles. The van der Waals surface area contributed by atoms with Crippen LogP contribution in [-0.4, -0.2) is 34.2 Å². The van der Waals surface area contributed by atoms with E-state index in [1.807, 2.05) is 0 Å². The van der Waals surface area contributed by atoms with E-state index in [2.05, 4.69) is 15.0 Å². The van der Waals surface area contributed by atoms with Gasteiger partial charge in [-0.15, -0.1) is 12.4 Å². The number of aromatic nitrogens is 2. The van der Waals surface area contributed by atoms with Crippen molar-refractivity contribution in [2.24, 2.45) is 5.73 Å². The first-order chi connectivity index (χ1) is 9.70. The summed E-state index contributed by atoms with van der Waals surface area (Å²) in [6, 6.07) is 6.27. The molecule has 0 bridgehead atoms. The summed E-state index contributed by atoms with van der Waals surface area (Å²) in [6.45, 7) is 2.47. The normalized spacial score (nSPS) is 19.2. The number of hydrogen-bond donors (Lipinski definition) is 1. The van der Waals surface area contributed by atoms with Gasteiger partial charge in [-0.25, -0.2) is 4.39 Å². The number of nitrogens with two attached hydrogens (primary N) is 1. The van der Waals surface area contributed by atoms with Gasteiger partial charge in [0.15, 0.2) is 0 Å². The first-order valence-electron chi connectivity index (χ1n) is 6.77. The highest BCUT2D eigenvalue weighted by atomic mass is 35.5. The number of rotatable bonds is 3. The molecule has 2 heterocycles. The molecule has 2 aromatic rings. The van der Waals surface area contributed by atoms with Crippen molar-refractivity contribution in [2.75, 3.05) is 13.1 Å². The molecule has 0 saturated carbocycles. The molecule has 1 aromatic heterocycles. The largest absolute Gasteiger partial charge is 0.338 e. The summed E-state index contributed by atoms with van der Waals surface area (Å²) in [5.74, 6) is 0.777. The van der Waals surface area contributed by atoms with Crippen LogP contribution in [0.2, 0.25) is 0 Å². The second kappa shape index (κ2) is 6.98. The summed E-state index contributed by atoms with van der Waals surface area (Å²) < 4.78 is 18.1. The highest BCUT2D eigenvalue weighted by molar-refractivity contribution is 5.85. The van der Waals surface area contributed by atoms with E-state index in [0.29, 0.717) is 18.3 Å². The second-order valence-electron chi connectivity index (χ2n) is 5.16. The monoisotopic (exact) mass is 312 g/mol. The molecule has 1 saturated heterocycles. The Hall–Kier alpha value is -1.50. The predicted octanol–water partition coefficient (Wildman–Crippen LogP) is 2.22. The minimum atomic E-state index is -0.278. The molecule has 1 aromatic carbocycles. The van der Waals surface area contributed by atoms with Crippen LogP contribution in [0.4, 0.5) is 4.39 Å². The molecular weight excluding hydrogens is 295 g/mol. The molecule has 0 radical (unpaired) electrons. The molecule has 5 nitrogen and oxygen atoms in total. The van der Waals surface area contributed by atoms with E-state index in [1.165, 1.54) is 12.1 Å². The lowest BCUT2D eigenvalue weighted by Gasteiger charge is -2.29. The minimum Gasteiger partial charge on any atom is -0.338 e. The molecule has 1 fully saturated rings. The van der Waals surface area contributed by atoms with Gasteiger partial charge in [0.05, 0.1) is 6.54 Å². The first kappa shape index (κ1) is 15.9. The van der Waals surface area contributed by atoms with Gasteiger partial charge in [0.2, 0.25) is 11.7 Å². The van der Waals surface area contributed by atoms with Gasteiger partial charge >= 0.3 is 0 Å². The summed E-state index contributed by atoms with van der Waals surface area (Å²) >= 11 is 0. The van der Waals surface area contributed by atoms with Crippen LogP contribution in [0.1, 0.15) is 18.7 Å². The van der Waals surface area contributed by atoms with Gasteiger partial charge in [0, 0.05) is 18.2 Å². The Morgan fingerprint density at radius 3 is 2.81 bits per heavy atom. The van der Waals surface area contributed by atoms with Gasteiger partial charge in [-0.05, 0) is 43.7 Å². The Labute approximate surface area is 128 Å². The van der Waals surface area contributed by atoms with Crippen LogP contribution < -0.4 is 5.73 Å². The maximum Gasteiger partial charge on any atom is 0.241 e. The molecule has 1 atom stereocenters. The molecule has 0 spiro atoms. The molecule has 2 N–H and O–H groups in total.